The molecular weight excluding hydrogens is 226 g/mol. The van der Waals surface area contributed by atoms with Gasteiger partial charge in [-0.05, 0) is 42.5 Å². The fraction of sp³-hybridized carbons (Fsp3) is 0.533. The van der Waals surface area contributed by atoms with Crippen molar-refractivity contribution in [3.8, 4) is 0 Å². The van der Waals surface area contributed by atoms with Gasteiger partial charge in [0, 0.05) is 6.54 Å². The van der Waals surface area contributed by atoms with E-state index in [1.807, 2.05) is 6.07 Å². The summed E-state index contributed by atoms with van der Waals surface area (Å²) in [6.45, 7) is 4.12. The standard InChI is InChI=1S/C15H21NO2/c1-11-4-2-7-14(11)10-16-9-12-5-3-6-13(8-12)15(17)18/h3,5-6,8,11,14,16H,2,4,7,9-10H2,1H3,(H,17,18). The molecule has 0 bridgehead atoms. The van der Waals surface area contributed by atoms with Crippen LogP contribution in [0.2, 0.25) is 0 Å². The van der Waals surface area contributed by atoms with E-state index in [-0.39, 0.29) is 0 Å². The Kier molecular flexibility index (Phi) is 4.37. The molecule has 1 aromatic carbocycles. The lowest BCUT2D eigenvalue weighted by Crippen LogP contribution is -2.24. The molecule has 1 fully saturated rings. The molecule has 18 heavy (non-hydrogen) atoms. The third-order valence-corrected chi connectivity index (χ3v) is 3.95. The van der Waals surface area contributed by atoms with Gasteiger partial charge in [0.15, 0.2) is 0 Å². The van der Waals surface area contributed by atoms with Crippen molar-refractivity contribution in [2.24, 2.45) is 11.8 Å². The van der Waals surface area contributed by atoms with E-state index in [9.17, 15) is 4.79 Å². The molecule has 0 saturated heterocycles. The number of hydrogen-bond donors (Lipinski definition) is 2. The lowest BCUT2D eigenvalue weighted by Gasteiger charge is -2.16. The number of nitrogens with one attached hydrogen (secondary N) is 1. The molecule has 1 saturated carbocycles. The van der Waals surface area contributed by atoms with Crippen molar-refractivity contribution in [2.75, 3.05) is 6.54 Å². The largest absolute Gasteiger partial charge is 0.478 e. The first kappa shape index (κ1) is 13.1. The van der Waals surface area contributed by atoms with Crippen LogP contribution in [0.5, 0.6) is 0 Å². The van der Waals surface area contributed by atoms with Crippen LogP contribution in [0.1, 0.15) is 42.1 Å². The predicted molar refractivity (Wildman–Crippen MR) is 71.6 cm³/mol. The molecule has 2 N–H and O–H groups in total. The van der Waals surface area contributed by atoms with Crippen molar-refractivity contribution in [3.05, 3.63) is 35.4 Å². The zero-order valence-electron chi connectivity index (χ0n) is 10.9. The highest BCUT2D eigenvalue weighted by molar-refractivity contribution is 5.87. The lowest BCUT2D eigenvalue weighted by molar-refractivity contribution is 0.0696. The maximum absolute atomic E-state index is 10.9. The first-order chi connectivity index (χ1) is 8.66. The maximum atomic E-state index is 10.9. The first-order valence-electron chi connectivity index (χ1n) is 6.70. The van der Waals surface area contributed by atoms with Gasteiger partial charge in [0.2, 0.25) is 0 Å². The van der Waals surface area contributed by atoms with Crippen molar-refractivity contribution in [2.45, 2.75) is 32.7 Å². The van der Waals surface area contributed by atoms with Crippen molar-refractivity contribution in [1.29, 1.82) is 0 Å². The molecule has 1 aromatic rings. The highest BCUT2D eigenvalue weighted by Crippen LogP contribution is 2.30. The van der Waals surface area contributed by atoms with Crippen molar-refractivity contribution >= 4 is 5.97 Å². The van der Waals surface area contributed by atoms with Crippen LogP contribution in [0.25, 0.3) is 0 Å². The normalized spacial score (nSPS) is 23.2. The van der Waals surface area contributed by atoms with Gasteiger partial charge in [-0.25, -0.2) is 4.79 Å². The molecule has 0 radical (unpaired) electrons. The minimum Gasteiger partial charge on any atom is -0.478 e. The van der Waals surface area contributed by atoms with Gasteiger partial charge in [0.25, 0.3) is 0 Å². The third-order valence-electron chi connectivity index (χ3n) is 3.95. The van der Waals surface area contributed by atoms with Crippen molar-refractivity contribution in [3.63, 3.8) is 0 Å². The van der Waals surface area contributed by atoms with E-state index in [4.69, 9.17) is 5.11 Å². The van der Waals surface area contributed by atoms with Gasteiger partial charge in [0.1, 0.15) is 0 Å². The molecule has 0 heterocycles. The number of carboxylic acid groups (broad SMARTS) is 1. The molecule has 0 amide bonds. The summed E-state index contributed by atoms with van der Waals surface area (Å²) in [4.78, 5) is 10.9. The molecule has 3 nitrogen and oxygen atoms in total. The van der Waals surface area contributed by atoms with Crippen LogP contribution in [0.15, 0.2) is 24.3 Å². The van der Waals surface area contributed by atoms with Crippen LogP contribution in [-0.2, 0) is 6.54 Å². The van der Waals surface area contributed by atoms with Crippen molar-refractivity contribution < 1.29 is 9.90 Å². The summed E-state index contributed by atoms with van der Waals surface area (Å²) in [5.74, 6) is 0.747. The summed E-state index contributed by atoms with van der Waals surface area (Å²) in [7, 11) is 0. The Morgan fingerprint density at radius 1 is 1.44 bits per heavy atom. The summed E-state index contributed by atoms with van der Waals surface area (Å²) >= 11 is 0. The Labute approximate surface area is 108 Å². The van der Waals surface area contributed by atoms with E-state index in [0.29, 0.717) is 5.56 Å². The molecule has 98 valence electrons. The van der Waals surface area contributed by atoms with Crippen LogP contribution in [0, 0.1) is 11.8 Å². The third kappa shape index (κ3) is 3.33. The SMILES string of the molecule is CC1CCCC1CNCc1cccc(C(=O)O)c1. The summed E-state index contributed by atoms with van der Waals surface area (Å²) in [6, 6.07) is 7.15. The molecule has 2 unspecified atom stereocenters. The number of carboxylic acids is 1. The maximum Gasteiger partial charge on any atom is 0.335 e. The summed E-state index contributed by atoms with van der Waals surface area (Å²) in [6.07, 6.45) is 4.02. The molecule has 3 heteroatoms. The van der Waals surface area contributed by atoms with Gasteiger partial charge in [-0.15, -0.1) is 0 Å². The van der Waals surface area contributed by atoms with E-state index in [2.05, 4.69) is 12.2 Å². The van der Waals surface area contributed by atoms with E-state index in [1.54, 1.807) is 18.2 Å². The van der Waals surface area contributed by atoms with Crippen LogP contribution >= 0.6 is 0 Å². The van der Waals surface area contributed by atoms with Crippen molar-refractivity contribution in [1.82, 2.24) is 5.32 Å². The van der Waals surface area contributed by atoms with Crippen LogP contribution in [0.4, 0.5) is 0 Å². The molecular formula is C15H21NO2. The monoisotopic (exact) mass is 247 g/mol. The van der Waals surface area contributed by atoms with Crippen LogP contribution in [0.3, 0.4) is 0 Å². The number of hydrogen-bond acceptors (Lipinski definition) is 2. The summed E-state index contributed by atoms with van der Waals surface area (Å²) in [5.41, 5.74) is 1.41. The topological polar surface area (TPSA) is 49.3 Å². The van der Waals surface area contributed by atoms with E-state index >= 15 is 0 Å². The van der Waals surface area contributed by atoms with E-state index in [0.717, 1.165) is 30.5 Å². The summed E-state index contributed by atoms with van der Waals surface area (Å²) < 4.78 is 0. The van der Waals surface area contributed by atoms with Gasteiger partial charge < -0.3 is 10.4 Å². The second-order valence-corrected chi connectivity index (χ2v) is 5.30. The highest BCUT2D eigenvalue weighted by Gasteiger charge is 2.22. The Balaban J connectivity index is 1.83. The molecule has 0 aliphatic heterocycles. The number of benzene rings is 1. The molecule has 1 aliphatic carbocycles. The minimum absolute atomic E-state index is 0.364. The quantitative estimate of drug-likeness (QED) is 0.841. The van der Waals surface area contributed by atoms with Crippen LogP contribution in [-0.4, -0.2) is 17.6 Å². The number of carbonyl (C=O) groups is 1. The summed E-state index contributed by atoms with van der Waals surface area (Å²) in [5, 5.41) is 12.4. The van der Waals surface area contributed by atoms with Gasteiger partial charge >= 0.3 is 5.97 Å². The van der Waals surface area contributed by atoms with E-state index < -0.39 is 5.97 Å². The zero-order chi connectivity index (χ0) is 13.0. The van der Waals surface area contributed by atoms with Gasteiger partial charge in [-0.2, -0.15) is 0 Å². The molecule has 2 atom stereocenters. The van der Waals surface area contributed by atoms with Gasteiger partial charge in [0.05, 0.1) is 5.56 Å². The van der Waals surface area contributed by atoms with Gasteiger partial charge in [-0.1, -0.05) is 31.9 Å². The molecule has 2 rings (SSSR count). The Morgan fingerprint density at radius 2 is 2.28 bits per heavy atom. The molecule has 0 aromatic heterocycles. The number of rotatable bonds is 5. The Hall–Kier alpha value is -1.35. The average Bonchev–Trinajstić information content (AvgIpc) is 2.76. The molecule has 0 spiro atoms. The Bertz CT molecular complexity index is 417. The molecule has 1 aliphatic rings. The fourth-order valence-electron chi connectivity index (χ4n) is 2.74. The van der Waals surface area contributed by atoms with E-state index in [1.165, 1.54) is 19.3 Å². The fourth-order valence-corrected chi connectivity index (χ4v) is 2.74. The second kappa shape index (κ2) is 6.01. The highest BCUT2D eigenvalue weighted by atomic mass is 16.4. The lowest BCUT2D eigenvalue weighted by atomic mass is 9.98. The average molecular weight is 247 g/mol. The zero-order valence-corrected chi connectivity index (χ0v) is 10.9. The number of aromatic carboxylic acids is 1. The smallest absolute Gasteiger partial charge is 0.335 e. The predicted octanol–water partition coefficient (Wildman–Crippen LogP) is 2.91. The first-order valence-corrected chi connectivity index (χ1v) is 6.70. The van der Waals surface area contributed by atoms with Crippen LogP contribution < -0.4 is 5.32 Å². The second-order valence-electron chi connectivity index (χ2n) is 5.30. The Morgan fingerprint density at radius 3 is 2.94 bits per heavy atom. The minimum atomic E-state index is -0.860. The van der Waals surface area contributed by atoms with Gasteiger partial charge in [-0.3, -0.25) is 0 Å².